The Morgan fingerprint density at radius 2 is 2.00 bits per heavy atom. The first-order chi connectivity index (χ1) is 19.4. The van der Waals surface area contributed by atoms with Gasteiger partial charge in [0.05, 0.1) is 37.0 Å². The summed E-state index contributed by atoms with van der Waals surface area (Å²) in [5.74, 6) is 5.11. The number of nitrogens with two attached hydrogens (primary N) is 2. The van der Waals surface area contributed by atoms with Crippen molar-refractivity contribution >= 4 is 17.9 Å². The third kappa shape index (κ3) is 7.40. The molecule has 1 aliphatic carbocycles. The fourth-order valence-corrected chi connectivity index (χ4v) is 4.90. The van der Waals surface area contributed by atoms with E-state index in [1.54, 1.807) is 41.6 Å². The molecule has 4 N–H and O–H groups in total. The quantitative estimate of drug-likeness (QED) is 0.312. The number of pyridine rings is 1. The number of rotatable bonds is 5. The van der Waals surface area contributed by atoms with Crippen molar-refractivity contribution < 1.29 is 27.8 Å². The molecule has 5 rings (SSSR count). The Kier molecular flexibility index (Phi) is 8.63. The molecule has 1 aromatic carbocycles. The van der Waals surface area contributed by atoms with Gasteiger partial charge in [-0.15, -0.1) is 0 Å². The molecule has 1 saturated carbocycles. The van der Waals surface area contributed by atoms with Crippen LogP contribution in [-0.4, -0.2) is 65.0 Å². The highest BCUT2D eigenvalue weighted by Gasteiger charge is 2.57. The van der Waals surface area contributed by atoms with Gasteiger partial charge in [-0.2, -0.15) is 9.65 Å². The molecule has 2 unspecified atom stereocenters. The van der Waals surface area contributed by atoms with E-state index in [1.165, 1.54) is 11.0 Å². The van der Waals surface area contributed by atoms with Crippen LogP contribution in [-0.2, 0) is 9.47 Å². The maximum absolute atomic E-state index is 14.5. The molecule has 41 heavy (non-hydrogen) atoms. The molecule has 3 aliphatic rings. The van der Waals surface area contributed by atoms with Crippen molar-refractivity contribution in [3.8, 4) is 17.2 Å². The second-order valence-electron chi connectivity index (χ2n) is 11.1. The van der Waals surface area contributed by atoms with Crippen LogP contribution in [0, 0.1) is 34.9 Å². The molecule has 1 aromatic heterocycles. The predicted molar refractivity (Wildman–Crippen MR) is 145 cm³/mol. The van der Waals surface area contributed by atoms with Crippen LogP contribution in [0.2, 0.25) is 0 Å². The van der Waals surface area contributed by atoms with Gasteiger partial charge in [0.2, 0.25) is 5.95 Å². The number of ether oxygens (including phenoxy) is 2. The molecule has 0 bridgehead atoms. The first-order valence-corrected chi connectivity index (χ1v) is 13.1. The Hall–Kier alpha value is -4.44. The average Bonchev–Trinajstić information content (AvgIpc) is 3.17. The van der Waals surface area contributed by atoms with Crippen molar-refractivity contribution in [1.82, 2.24) is 14.9 Å². The molecule has 0 radical (unpaired) electrons. The molecule has 2 amide bonds. The zero-order chi connectivity index (χ0) is 29.9. The van der Waals surface area contributed by atoms with E-state index in [-0.39, 0.29) is 25.1 Å². The molecule has 13 heteroatoms. The number of piperidine rings is 1. The van der Waals surface area contributed by atoms with Crippen LogP contribution >= 0.6 is 0 Å². The number of amides is 2. The third-order valence-corrected chi connectivity index (χ3v) is 6.81. The minimum atomic E-state index is -0.957. The number of anilines is 1. The van der Waals surface area contributed by atoms with Gasteiger partial charge in [-0.3, -0.25) is 9.88 Å². The number of likely N-dealkylation sites (tertiary alicyclic amines) is 1. The van der Waals surface area contributed by atoms with Crippen LogP contribution in [0.5, 0.6) is 0 Å². The van der Waals surface area contributed by atoms with E-state index in [4.69, 9.17) is 26.3 Å². The zero-order valence-electron chi connectivity index (χ0n) is 23.0. The number of hydrogen-bond donors (Lipinski definition) is 2. The lowest BCUT2D eigenvalue weighted by Crippen LogP contribution is -2.36. The van der Waals surface area contributed by atoms with E-state index in [0.29, 0.717) is 41.7 Å². The van der Waals surface area contributed by atoms with E-state index >= 15 is 0 Å². The van der Waals surface area contributed by atoms with Gasteiger partial charge in [0.1, 0.15) is 17.5 Å². The van der Waals surface area contributed by atoms with Crippen molar-refractivity contribution in [3.63, 3.8) is 0 Å². The van der Waals surface area contributed by atoms with E-state index in [0.717, 1.165) is 11.2 Å². The van der Waals surface area contributed by atoms with Crippen molar-refractivity contribution in [2.75, 3.05) is 31.1 Å². The van der Waals surface area contributed by atoms with Gasteiger partial charge < -0.3 is 25.1 Å². The molecule has 2 saturated heterocycles. The first-order valence-electron chi connectivity index (χ1n) is 13.1. The number of fused-ring (bicyclic) bond motifs is 1. The molecular weight excluding hydrogens is 536 g/mol. The summed E-state index contributed by atoms with van der Waals surface area (Å²) >= 11 is 0. The lowest BCUT2D eigenvalue weighted by molar-refractivity contribution is 0.0269. The number of nitriles is 1. The number of carbonyl (C=O) groups excluding carboxylic acids is 2. The number of halogens is 2. The Morgan fingerprint density at radius 1 is 1.29 bits per heavy atom. The Labute approximate surface area is 236 Å². The monoisotopic (exact) mass is 569 g/mol. The van der Waals surface area contributed by atoms with Crippen molar-refractivity contribution in [3.05, 3.63) is 60.7 Å². The lowest BCUT2D eigenvalue weighted by Gasteiger charge is -2.25. The first kappa shape index (κ1) is 29.5. The zero-order valence-corrected chi connectivity index (χ0v) is 23.0. The molecule has 218 valence electrons. The second kappa shape index (κ2) is 12.0. The van der Waals surface area contributed by atoms with E-state index in [9.17, 15) is 18.4 Å². The topological polar surface area (TPSA) is 151 Å². The summed E-state index contributed by atoms with van der Waals surface area (Å²) in [6.45, 7) is 7.16. The fourth-order valence-electron chi connectivity index (χ4n) is 4.90. The van der Waals surface area contributed by atoms with Gasteiger partial charge in [0.15, 0.2) is 0 Å². The number of aromatic nitrogens is 1. The Balaban J connectivity index is 0.000000218. The van der Waals surface area contributed by atoms with Gasteiger partial charge in [-0.05, 0) is 56.9 Å². The van der Waals surface area contributed by atoms with Crippen LogP contribution in [0.15, 0.2) is 54.9 Å². The molecule has 2 aromatic rings. The highest BCUT2D eigenvalue weighted by molar-refractivity contribution is 5.90. The molecular formula is C28H33F2N7O4. The summed E-state index contributed by atoms with van der Waals surface area (Å²) in [4.78, 5) is 30.7. The number of nitrogens with zero attached hydrogens (tertiary/aromatic N) is 5. The number of cyclic esters (lactones) is 1. The Bertz CT molecular complexity index is 1330. The summed E-state index contributed by atoms with van der Waals surface area (Å²) in [7, 11) is 0. The SMILES string of the molecule is CC(C)(C)OC(=O)N1C[C@@H]2C(C#N)[C@@H]2C1.N/C(F)=C\N(N)CC1CN(c2ccc(-c3cccnc3)c(F)c2)C(=O)O1. The number of benzene rings is 1. The number of carbonyl (C=O) groups is 2. The smallest absolute Gasteiger partial charge is 0.414 e. The highest BCUT2D eigenvalue weighted by atomic mass is 19.1. The summed E-state index contributed by atoms with van der Waals surface area (Å²) in [6, 6.07) is 10.2. The van der Waals surface area contributed by atoms with Crippen LogP contribution in [0.4, 0.5) is 24.1 Å². The highest BCUT2D eigenvalue weighted by Crippen LogP contribution is 2.51. The fraction of sp³-hybridized carbons (Fsp3) is 0.429. The van der Waals surface area contributed by atoms with Crippen LogP contribution in [0.1, 0.15) is 20.8 Å². The summed E-state index contributed by atoms with van der Waals surface area (Å²) in [5, 5.41) is 9.73. The van der Waals surface area contributed by atoms with E-state index in [1.807, 2.05) is 20.8 Å². The molecule has 2 aliphatic heterocycles. The molecule has 0 spiro atoms. The van der Waals surface area contributed by atoms with Gasteiger partial charge in [-0.25, -0.2) is 19.8 Å². The minimum Gasteiger partial charge on any atom is -0.444 e. The third-order valence-electron chi connectivity index (χ3n) is 6.81. The minimum absolute atomic E-state index is 0.0448. The normalized spacial score (nSPS) is 23.1. The molecule has 3 fully saturated rings. The van der Waals surface area contributed by atoms with Gasteiger partial charge in [0.25, 0.3) is 0 Å². The molecule has 3 heterocycles. The van der Waals surface area contributed by atoms with Crippen molar-refractivity contribution in [2.45, 2.75) is 32.5 Å². The maximum atomic E-state index is 14.5. The second-order valence-corrected chi connectivity index (χ2v) is 11.1. The van der Waals surface area contributed by atoms with Gasteiger partial charge in [-0.1, -0.05) is 6.07 Å². The van der Waals surface area contributed by atoms with Crippen LogP contribution in [0.3, 0.4) is 0 Å². The number of hydrazine groups is 1. The molecule has 11 nitrogen and oxygen atoms in total. The van der Waals surface area contributed by atoms with E-state index in [2.05, 4.69) is 11.1 Å². The molecule has 4 atom stereocenters. The summed E-state index contributed by atoms with van der Waals surface area (Å²) < 4.78 is 37.5. The standard InChI is InChI=1S/C17H17F2N5O2.C11H16N2O2/c18-15-6-12(3-4-14(15)11-2-1-5-22-7-11)24-9-13(26-17(24)25)8-23(21)10-16(19)20;1-11(2,3)15-10(14)13-5-8-7(4-12)9(8)6-13/h1-7,10,13H,8-9,20-21H2;7-9H,5-6H2,1-3H3/b16-10-;/t;7?,8-,9+. The van der Waals surface area contributed by atoms with Gasteiger partial charge in [0, 0.05) is 36.6 Å². The van der Waals surface area contributed by atoms with E-state index < -0.39 is 29.6 Å². The average molecular weight is 570 g/mol. The van der Waals surface area contributed by atoms with Crippen LogP contribution in [0.25, 0.3) is 11.1 Å². The van der Waals surface area contributed by atoms with Crippen LogP contribution < -0.4 is 16.5 Å². The maximum Gasteiger partial charge on any atom is 0.414 e. The largest absolute Gasteiger partial charge is 0.444 e. The lowest BCUT2D eigenvalue weighted by atomic mass is 10.1. The van der Waals surface area contributed by atoms with Gasteiger partial charge >= 0.3 is 12.2 Å². The number of hydrogen-bond acceptors (Lipinski definition) is 9. The van der Waals surface area contributed by atoms with Crippen molar-refractivity contribution in [1.29, 1.82) is 5.26 Å². The summed E-state index contributed by atoms with van der Waals surface area (Å²) in [6.07, 6.45) is 2.56. The Morgan fingerprint density at radius 3 is 2.56 bits per heavy atom. The predicted octanol–water partition coefficient (Wildman–Crippen LogP) is 3.74. The summed E-state index contributed by atoms with van der Waals surface area (Å²) in [5.41, 5.74) is 5.83. The van der Waals surface area contributed by atoms with Crippen molar-refractivity contribution in [2.24, 2.45) is 29.3 Å².